The first-order valence-corrected chi connectivity index (χ1v) is 5.59. The van der Waals surface area contributed by atoms with Gasteiger partial charge in [-0.05, 0) is 24.3 Å². The quantitative estimate of drug-likeness (QED) is 0.821. The average molecular weight is 214 g/mol. The molecular formula is C13H14N2O. The van der Waals surface area contributed by atoms with Gasteiger partial charge in [0.25, 0.3) is 0 Å². The van der Waals surface area contributed by atoms with Crippen LogP contribution in [0.3, 0.4) is 0 Å². The Morgan fingerprint density at radius 1 is 1.25 bits per heavy atom. The molecule has 1 fully saturated rings. The molecule has 16 heavy (non-hydrogen) atoms. The molecular weight excluding hydrogens is 200 g/mol. The number of nitrogens with one attached hydrogen (secondary N) is 1. The molecule has 2 aromatic rings. The van der Waals surface area contributed by atoms with Gasteiger partial charge >= 0.3 is 0 Å². The summed E-state index contributed by atoms with van der Waals surface area (Å²) in [5.74, 6) is 0.947. The highest BCUT2D eigenvalue weighted by Crippen LogP contribution is 2.48. The van der Waals surface area contributed by atoms with Crippen LogP contribution in [-0.4, -0.2) is 15.1 Å². The first kappa shape index (κ1) is 9.60. The second kappa shape index (κ2) is 3.46. The van der Waals surface area contributed by atoms with Gasteiger partial charge < -0.3 is 10.1 Å². The maximum atomic E-state index is 10.9. The molecule has 3 heteroatoms. The number of hydrogen-bond acceptors (Lipinski definition) is 2. The highest BCUT2D eigenvalue weighted by atomic mass is 16.3. The number of nitrogens with zero attached hydrogens (tertiary/aromatic N) is 1. The highest BCUT2D eigenvalue weighted by Gasteiger charge is 2.48. The van der Waals surface area contributed by atoms with Gasteiger partial charge in [0, 0.05) is 12.4 Å². The van der Waals surface area contributed by atoms with Gasteiger partial charge in [-0.3, -0.25) is 0 Å². The lowest BCUT2D eigenvalue weighted by Gasteiger charge is -2.26. The van der Waals surface area contributed by atoms with Gasteiger partial charge in [-0.1, -0.05) is 30.3 Å². The zero-order valence-corrected chi connectivity index (χ0v) is 8.93. The summed E-state index contributed by atoms with van der Waals surface area (Å²) in [4.78, 5) is 7.26. The van der Waals surface area contributed by atoms with E-state index < -0.39 is 5.60 Å². The van der Waals surface area contributed by atoms with Crippen LogP contribution in [0.5, 0.6) is 0 Å². The first-order chi connectivity index (χ1) is 7.82. The smallest absolute Gasteiger partial charge is 0.150 e. The summed E-state index contributed by atoms with van der Waals surface area (Å²) in [5, 5.41) is 10.9. The fraction of sp³-hybridized carbons (Fsp3) is 0.308. The SMILES string of the molecule is O[C@](c1ccccc1)(c1ncc[nH]1)C1CC1. The van der Waals surface area contributed by atoms with Crippen molar-refractivity contribution in [2.75, 3.05) is 0 Å². The van der Waals surface area contributed by atoms with Crippen molar-refractivity contribution in [1.29, 1.82) is 0 Å². The van der Waals surface area contributed by atoms with Gasteiger partial charge in [0.05, 0.1) is 0 Å². The average Bonchev–Trinajstić information content (AvgIpc) is 3.05. The number of aliphatic hydroxyl groups is 1. The molecule has 1 atom stereocenters. The van der Waals surface area contributed by atoms with Gasteiger partial charge in [-0.15, -0.1) is 0 Å². The lowest BCUT2D eigenvalue weighted by Crippen LogP contribution is -2.31. The normalized spacial score (nSPS) is 19.3. The number of aromatic amines is 1. The minimum atomic E-state index is -0.940. The molecule has 0 spiro atoms. The van der Waals surface area contributed by atoms with Crippen LogP contribution in [-0.2, 0) is 5.60 Å². The largest absolute Gasteiger partial charge is 0.377 e. The summed E-state index contributed by atoms with van der Waals surface area (Å²) in [5.41, 5.74) is -0.0162. The number of rotatable bonds is 3. The fourth-order valence-electron chi connectivity index (χ4n) is 2.23. The number of H-pyrrole nitrogens is 1. The summed E-state index contributed by atoms with van der Waals surface area (Å²) in [7, 11) is 0. The van der Waals surface area contributed by atoms with E-state index in [-0.39, 0.29) is 0 Å². The van der Waals surface area contributed by atoms with Crippen molar-refractivity contribution < 1.29 is 5.11 Å². The lowest BCUT2D eigenvalue weighted by atomic mass is 9.88. The second-order valence-electron chi connectivity index (χ2n) is 4.34. The third-order valence-electron chi connectivity index (χ3n) is 3.24. The maximum absolute atomic E-state index is 10.9. The molecule has 1 aromatic heterocycles. The minimum Gasteiger partial charge on any atom is -0.377 e. The van der Waals surface area contributed by atoms with Gasteiger partial charge in [0.2, 0.25) is 0 Å². The summed E-state index contributed by atoms with van der Waals surface area (Å²) in [6.07, 6.45) is 5.56. The minimum absolute atomic E-state index is 0.293. The molecule has 82 valence electrons. The van der Waals surface area contributed by atoms with Crippen molar-refractivity contribution in [1.82, 2.24) is 9.97 Å². The predicted octanol–water partition coefficient (Wildman–Crippen LogP) is 2.06. The number of hydrogen-bond donors (Lipinski definition) is 2. The Hall–Kier alpha value is -1.61. The molecule has 0 saturated heterocycles. The van der Waals surface area contributed by atoms with Crippen molar-refractivity contribution in [2.45, 2.75) is 18.4 Å². The van der Waals surface area contributed by atoms with Crippen molar-refractivity contribution in [3.63, 3.8) is 0 Å². The Labute approximate surface area is 94.2 Å². The molecule has 3 rings (SSSR count). The third kappa shape index (κ3) is 1.36. The van der Waals surface area contributed by atoms with E-state index in [4.69, 9.17) is 0 Å². The van der Waals surface area contributed by atoms with Gasteiger partial charge in [-0.25, -0.2) is 4.98 Å². The van der Waals surface area contributed by atoms with Crippen LogP contribution in [0.4, 0.5) is 0 Å². The molecule has 3 nitrogen and oxygen atoms in total. The Bertz CT molecular complexity index is 462. The lowest BCUT2D eigenvalue weighted by molar-refractivity contribution is 0.0480. The van der Waals surface area contributed by atoms with Gasteiger partial charge in [0.1, 0.15) is 11.4 Å². The second-order valence-corrected chi connectivity index (χ2v) is 4.34. The van der Waals surface area contributed by atoms with E-state index in [2.05, 4.69) is 9.97 Å². The van der Waals surface area contributed by atoms with Crippen molar-refractivity contribution in [3.8, 4) is 0 Å². The molecule has 0 bridgehead atoms. The van der Waals surface area contributed by atoms with E-state index >= 15 is 0 Å². The van der Waals surface area contributed by atoms with E-state index in [1.807, 2.05) is 30.3 Å². The molecule has 0 unspecified atom stereocenters. The molecule has 1 heterocycles. The first-order valence-electron chi connectivity index (χ1n) is 5.59. The Balaban J connectivity index is 2.10. The van der Waals surface area contributed by atoms with Crippen LogP contribution in [0.2, 0.25) is 0 Å². The number of benzene rings is 1. The predicted molar refractivity (Wildman–Crippen MR) is 60.8 cm³/mol. The zero-order valence-electron chi connectivity index (χ0n) is 8.93. The summed E-state index contributed by atoms with van der Waals surface area (Å²) < 4.78 is 0. The topological polar surface area (TPSA) is 48.9 Å². The molecule has 0 radical (unpaired) electrons. The molecule has 0 amide bonds. The highest BCUT2D eigenvalue weighted by molar-refractivity contribution is 5.32. The van der Waals surface area contributed by atoms with Crippen LogP contribution in [0.15, 0.2) is 42.7 Å². The zero-order chi connectivity index (χ0) is 11.0. The molecule has 1 aliphatic rings. The van der Waals surface area contributed by atoms with Crippen LogP contribution in [0.1, 0.15) is 24.2 Å². The Morgan fingerprint density at radius 3 is 2.56 bits per heavy atom. The Kier molecular flexibility index (Phi) is 2.07. The van der Waals surface area contributed by atoms with E-state index in [1.165, 1.54) is 0 Å². The van der Waals surface area contributed by atoms with Gasteiger partial charge in [0.15, 0.2) is 0 Å². The maximum Gasteiger partial charge on any atom is 0.150 e. The summed E-state index contributed by atoms with van der Waals surface area (Å²) in [6.45, 7) is 0. The number of aromatic nitrogens is 2. The summed E-state index contributed by atoms with van der Waals surface area (Å²) in [6, 6.07) is 9.78. The number of imidazole rings is 1. The standard InChI is InChI=1S/C13H14N2O/c16-13(11-6-7-11,12-14-8-9-15-12)10-4-2-1-3-5-10/h1-5,8-9,11,16H,6-7H2,(H,14,15)/t13-/m0/s1. The van der Waals surface area contributed by atoms with Crippen molar-refractivity contribution in [2.24, 2.45) is 5.92 Å². The third-order valence-corrected chi connectivity index (χ3v) is 3.24. The van der Waals surface area contributed by atoms with E-state index in [0.29, 0.717) is 11.7 Å². The molecule has 0 aliphatic heterocycles. The van der Waals surface area contributed by atoms with Gasteiger partial charge in [-0.2, -0.15) is 0 Å². The van der Waals surface area contributed by atoms with Crippen LogP contribution >= 0.6 is 0 Å². The Morgan fingerprint density at radius 2 is 2.00 bits per heavy atom. The molecule has 1 aromatic carbocycles. The molecule has 1 saturated carbocycles. The molecule has 1 aliphatic carbocycles. The van der Waals surface area contributed by atoms with Crippen LogP contribution < -0.4 is 0 Å². The fourth-order valence-corrected chi connectivity index (χ4v) is 2.23. The van der Waals surface area contributed by atoms with E-state index in [0.717, 1.165) is 18.4 Å². The van der Waals surface area contributed by atoms with Crippen molar-refractivity contribution in [3.05, 3.63) is 54.1 Å². The van der Waals surface area contributed by atoms with E-state index in [1.54, 1.807) is 12.4 Å². The monoisotopic (exact) mass is 214 g/mol. The molecule has 2 N–H and O–H groups in total. The van der Waals surface area contributed by atoms with Crippen molar-refractivity contribution >= 4 is 0 Å². The van der Waals surface area contributed by atoms with Crippen LogP contribution in [0, 0.1) is 5.92 Å². The summed E-state index contributed by atoms with van der Waals surface area (Å²) >= 11 is 0. The van der Waals surface area contributed by atoms with E-state index in [9.17, 15) is 5.11 Å². The van der Waals surface area contributed by atoms with Crippen LogP contribution in [0.25, 0.3) is 0 Å².